The van der Waals surface area contributed by atoms with E-state index in [1.165, 1.54) is 18.7 Å². The Morgan fingerprint density at radius 3 is 2.38 bits per heavy atom. The van der Waals surface area contributed by atoms with Crippen LogP contribution in [0.25, 0.3) is 0 Å². The normalized spacial score (nSPS) is 9.88. The monoisotopic (exact) mass is 237 g/mol. The van der Waals surface area contributed by atoms with E-state index in [9.17, 15) is 9.59 Å². The van der Waals surface area contributed by atoms with Crippen LogP contribution in [0.5, 0.6) is 0 Å². The van der Waals surface area contributed by atoms with Gasteiger partial charge in [0, 0.05) is 17.0 Å². The number of carbonyl (C=O) groups excluding carboxylic acids is 2. The van der Waals surface area contributed by atoms with Crippen LogP contribution in [-0.2, 0) is 0 Å². The standard InChI is InChI=1S/C12H15NO2S/c1-3-8-16-12(15)13-11-6-4-10(5-7-11)9(2)14/h4-7H,3,8H2,1-2H3,(H,13,15). The van der Waals surface area contributed by atoms with Crippen molar-refractivity contribution in [3.05, 3.63) is 29.8 Å². The molecular weight excluding hydrogens is 222 g/mol. The Morgan fingerprint density at radius 1 is 1.25 bits per heavy atom. The Labute approximate surface area is 99.6 Å². The quantitative estimate of drug-likeness (QED) is 0.814. The first kappa shape index (κ1) is 12.8. The second-order valence-corrected chi connectivity index (χ2v) is 4.46. The van der Waals surface area contributed by atoms with Gasteiger partial charge in [-0.1, -0.05) is 18.7 Å². The fraction of sp³-hybridized carbons (Fsp3) is 0.333. The van der Waals surface area contributed by atoms with E-state index in [1.54, 1.807) is 24.3 Å². The van der Waals surface area contributed by atoms with Gasteiger partial charge in [0.05, 0.1) is 0 Å². The van der Waals surface area contributed by atoms with Crippen molar-refractivity contribution in [3.63, 3.8) is 0 Å². The van der Waals surface area contributed by atoms with Crippen molar-refractivity contribution in [2.45, 2.75) is 20.3 Å². The smallest absolute Gasteiger partial charge is 0.283 e. The Morgan fingerprint density at radius 2 is 1.88 bits per heavy atom. The minimum Gasteiger partial charge on any atom is -0.317 e. The second-order valence-electron chi connectivity index (χ2n) is 3.39. The number of rotatable bonds is 4. The molecule has 0 spiro atoms. The highest BCUT2D eigenvalue weighted by Crippen LogP contribution is 2.13. The van der Waals surface area contributed by atoms with Crippen molar-refractivity contribution < 1.29 is 9.59 Å². The van der Waals surface area contributed by atoms with Crippen LogP contribution in [0.3, 0.4) is 0 Å². The molecule has 0 saturated carbocycles. The molecule has 0 fully saturated rings. The van der Waals surface area contributed by atoms with Gasteiger partial charge >= 0.3 is 0 Å². The Bertz CT molecular complexity index is 373. The van der Waals surface area contributed by atoms with Crippen molar-refractivity contribution in [1.82, 2.24) is 0 Å². The fourth-order valence-electron chi connectivity index (χ4n) is 1.14. The van der Waals surface area contributed by atoms with E-state index in [-0.39, 0.29) is 11.0 Å². The Hall–Kier alpha value is -1.29. The number of carbonyl (C=O) groups is 2. The van der Waals surface area contributed by atoms with Gasteiger partial charge in [-0.15, -0.1) is 0 Å². The van der Waals surface area contributed by atoms with Crippen molar-refractivity contribution >= 4 is 28.5 Å². The molecule has 3 nitrogen and oxygen atoms in total. The van der Waals surface area contributed by atoms with Crippen LogP contribution >= 0.6 is 11.8 Å². The lowest BCUT2D eigenvalue weighted by atomic mass is 10.1. The number of amides is 1. The lowest BCUT2D eigenvalue weighted by Crippen LogP contribution is -2.05. The summed E-state index contributed by atoms with van der Waals surface area (Å²) < 4.78 is 0. The minimum absolute atomic E-state index is 0.0261. The van der Waals surface area contributed by atoms with Gasteiger partial charge in [-0.2, -0.15) is 0 Å². The van der Waals surface area contributed by atoms with Gasteiger partial charge in [0.25, 0.3) is 5.24 Å². The van der Waals surface area contributed by atoms with Gasteiger partial charge in [-0.05, 0) is 37.6 Å². The second kappa shape index (κ2) is 6.33. The third-order valence-corrected chi connectivity index (χ3v) is 2.95. The molecule has 1 N–H and O–H groups in total. The van der Waals surface area contributed by atoms with Gasteiger partial charge in [0.2, 0.25) is 0 Å². The van der Waals surface area contributed by atoms with E-state index < -0.39 is 0 Å². The first-order chi connectivity index (χ1) is 7.63. The number of Topliss-reactive ketones (excluding diaryl/α,β-unsaturated/α-hetero) is 1. The molecule has 0 radical (unpaired) electrons. The number of anilines is 1. The summed E-state index contributed by atoms with van der Waals surface area (Å²) in [4.78, 5) is 22.4. The summed E-state index contributed by atoms with van der Waals surface area (Å²) in [5, 5.41) is 2.70. The predicted octanol–water partition coefficient (Wildman–Crippen LogP) is 3.56. The minimum atomic E-state index is -0.0579. The van der Waals surface area contributed by atoms with Crippen molar-refractivity contribution in [2.24, 2.45) is 0 Å². The number of benzene rings is 1. The van der Waals surface area contributed by atoms with Gasteiger partial charge in [0.1, 0.15) is 0 Å². The maximum Gasteiger partial charge on any atom is 0.283 e. The van der Waals surface area contributed by atoms with Crippen molar-refractivity contribution in [1.29, 1.82) is 0 Å². The summed E-state index contributed by atoms with van der Waals surface area (Å²) >= 11 is 1.26. The number of ketones is 1. The molecule has 16 heavy (non-hydrogen) atoms. The molecule has 0 heterocycles. The molecule has 4 heteroatoms. The van der Waals surface area contributed by atoms with Gasteiger partial charge in [0.15, 0.2) is 5.78 Å². The molecule has 0 aliphatic carbocycles. The molecule has 0 bridgehead atoms. The average Bonchev–Trinajstić information content (AvgIpc) is 2.27. The van der Waals surface area contributed by atoms with Gasteiger partial charge < -0.3 is 5.32 Å². The zero-order valence-corrected chi connectivity index (χ0v) is 10.3. The zero-order valence-electron chi connectivity index (χ0n) is 9.45. The molecule has 86 valence electrons. The highest BCUT2D eigenvalue weighted by atomic mass is 32.2. The summed E-state index contributed by atoms with van der Waals surface area (Å²) in [6, 6.07) is 6.90. The molecule has 0 atom stereocenters. The Balaban J connectivity index is 2.55. The molecule has 0 aliphatic rings. The molecule has 0 aromatic heterocycles. The summed E-state index contributed by atoms with van der Waals surface area (Å²) in [5.41, 5.74) is 1.37. The maximum absolute atomic E-state index is 11.4. The van der Waals surface area contributed by atoms with E-state index in [0.717, 1.165) is 17.9 Å². The van der Waals surface area contributed by atoms with Crippen LogP contribution in [0.1, 0.15) is 30.6 Å². The number of hydrogen-bond acceptors (Lipinski definition) is 3. The van der Waals surface area contributed by atoms with Crippen LogP contribution in [-0.4, -0.2) is 16.8 Å². The maximum atomic E-state index is 11.4. The topological polar surface area (TPSA) is 46.2 Å². The molecule has 0 unspecified atom stereocenters. The van der Waals surface area contributed by atoms with Crippen LogP contribution in [0.4, 0.5) is 10.5 Å². The predicted molar refractivity (Wildman–Crippen MR) is 68.2 cm³/mol. The van der Waals surface area contributed by atoms with Crippen molar-refractivity contribution in [3.8, 4) is 0 Å². The average molecular weight is 237 g/mol. The summed E-state index contributed by atoms with van der Waals surface area (Å²) in [7, 11) is 0. The van der Waals surface area contributed by atoms with Crippen molar-refractivity contribution in [2.75, 3.05) is 11.1 Å². The van der Waals surface area contributed by atoms with Crippen LogP contribution in [0.2, 0.25) is 0 Å². The van der Waals surface area contributed by atoms with E-state index in [4.69, 9.17) is 0 Å². The molecule has 0 aliphatic heterocycles. The number of thioether (sulfide) groups is 1. The molecule has 0 saturated heterocycles. The third-order valence-electron chi connectivity index (χ3n) is 1.98. The first-order valence-electron chi connectivity index (χ1n) is 5.18. The highest BCUT2D eigenvalue weighted by molar-refractivity contribution is 8.13. The zero-order chi connectivity index (χ0) is 12.0. The largest absolute Gasteiger partial charge is 0.317 e. The molecule has 1 aromatic carbocycles. The Kier molecular flexibility index (Phi) is 5.05. The van der Waals surface area contributed by atoms with Crippen LogP contribution in [0, 0.1) is 0 Å². The van der Waals surface area contributed by atoms with E-state index in [0.29, 0.717) is 5.56 Å². The molecule has 1 rings (SSSR count). The van der Waals surface area contributed by atoms with Crippen LogP contribution < -0.4 is 5.32 Å². The summed E-state index contributed by atoms with van der Waals surface area (Å²) in [6.07, 6.45) is 0.974. The SMILES string of the molecule is CCCSC(=O)Nc1ccc(C(C)=O)cc1. The van der Waals surface area contributed by atoms with E-state index in [1.807, 2.05) is 6.92 Å². The molecule has 1 aromatic rings. The van der Waals surface area contributed by atoms with E-state index >= 15 is 0 Å². The van der Waals surface area contributed by atoms with Crippen LogP contribution in [0.15, 0.2) is 24.3 Å². The van der Waals surface area contributed by atoms with E-state index in [2.05, 4.69) is 5.32 Å². The van der Waals surface area contributed by atoms with Gasteiger partial charge in [-0.25, -0.2) is 0 Å². The first-order valence-corrected chi connectivity index (χ1v) is 6.17. The number of nitrogens with one attached hydrogen (secondary N) is 1. The summed E-state index contributed by atoms with van der Waals surface area (Å²) in [6.45, 7) is 3.55. The van der Waals surface area contributed by atoms with Gasteiger partial charge in [-0.3, -0.25) is 9.59 Å². The fourth-order valence-corrected chi connectivity index (χ4v) is 1.72. The third kappa shape index (κ3) is 4.06. The lowest BCUT2D eigenvalue weighted by Gasteiger charge is -2.04. The molecule has 1 amide bonds. The summed E-state index contributed by atoms with van der Waals surface area (Å²) in [5.74, 6) is 0.843. The lowest BCUT2D eigenvalue weighted by molar-refractivity contribution is 0.101. The number of hydrogen-bond donors (Lipinski definition) is 1. The highest BCUT2D eigenvalue weighted by Gasteiger charge is 2.03. The molecular formula is C12H15NO2S.